The van der Waals surface area contributed by atoms with E-state index in [1.165, 1.54) is 31.3 Å². The van der Waals surface area contributed by atoms with Crippen LogP contribution < -0.4 is 0 Å². The minimum Gasteiger partial charge on any atom is -0.462 e. The van der Waals surface area contributed by atoms with E-state index >= 15 is 0 Å². The number of carbonyl (C=O) groups excluding carboxylic acids is 4. The van der Waals surface area contributed by atoms with Crippen LogP contribution in [0.3, 0.4) is 0 Å². The first kappa shape index (κ1) is 37.8. The molecule has 280 valence electrons. The Balaban J connectivity index is 1.24. The van der Waals surface area contributed by atoms with Gasteiger partial charge in [0.05, 0.1) is 6.42 Å². The van der Waals surface area contributed by atoms with Gasteiger partial charge in [-0.3, -0.25) is 9.59 Å². The van der Waals surface area contributed by atoms with E-state index in [0.29, 0.717) is 54.3 Å². The van der Waals surface area contributed by atoms with E-state index in [-0.39, 0.29) is 51.4 Å². The van der Waals surface area contributed by atoms with Crippen LogP contribution in [0, 0.1) is 68.0 Å². The van der Waals surface area contributed by atoms with Crippen molar-refractivity contribution in [1.29, 1.82) is 0 Å². The molecule has 6 fully saturated rings. The lowest BCUT2D eigenvalue weighted by Crippen LogP contribution is -2.67. The molecule has 50 heavy (non-hydrogen) atoms. The van der Waals surface area contributed by atoms with Gasteiger partial charge in [0.25, 0.3) is 0 Å². The number of rotatable bonds is 9. The van der Waals surface area contributed by atoms with Crippen LogP contribution in [0.4, 0.5) is 0 Å². The van der Waals surface area contributed by atoms with E-state index in [1.807, 2.05) is 0 Å². The number of likely N-dealkylation sites (tertiary alicyclic amines) is 1. The van der Waals surface area contributed by atoms with Gasteiger partial charge < -0.3 is 19.2 Å². The number of esters is 1. The molecule has 6 rings (SSSR count). The highest BCUT2D eigenvalue weighted by Gasteiger charge is 2.71. The second-order valence-electron chi connectivity index (χ2n) is 20.7. The van der Waals surface area contributed by atoms with E-state index in [1.54, 1.807) is 20.8 Å². The molecule has 5 saturated carbocycles. The summed E-state index contributed by atoms with van der Waals surface area (Å²) in [7, 11) is 0. The molecule has 0 unspecified atom stereocenters. The summed E-state index contributed by atoms with van der Waals surface area (Å²) in [6.45, 7) is 26.2. The maximum Gasteiger partial charge on any atom is 0.307 e. The molecule has 5 aliphatic carbocycles. The smallest absolute Gasteiger partial charge is 0.307 e. The molecule has 1 heterocycles. The van der Waals surface area contributed by atoms with Gasteiger partial charge in [0.2, 0.25) is 5.91 Å². The third-order valence-corrected chi connectivity index (χ3v) is 17.1. The molecule has 11 atom stereocenters. The Labute approximate surface area is 303 Å². The SMILES string of the molecule is C=C(C)[C@@H]1CC[C@]2(CC(=O)N3CC[C@H](CC(C)=O)C3)CC[C@]3(C)[C@H](CC[C@@H]4[C@@]5(C)CC[C@H](OC(=O)CC(C)(C)C=O)C(C)(C)[C@@H]5CC[C@]43C)[C@@H]12. The van der Waals surface area contributed by atoms with Gasteiger partial charge in [-0.1, -0.05) is 60.6 Å². The Bertz CT molecular complexity index is 1400. The summed E-state index contributed by atoms with van der Waals surface area (Å²) in [6, 6.07) is 0. The van der Waals surface area contributed by atoms with Crippen molar-refractivity contribution < 1.29 is 23.9 Å². The van der Waals surface area contributed by atoms with Gasteiger partial charge in [-0.05, 0) is 142 Å². The maximum atomic E-state index is 14.1. The summed E-state index contributed by atoms with van der Waals surface area (Å²) in [6.07, 6.45) is 14.5. The minimum atomic E-state index is -0.702. The average molecular weight is 692 g/mol. The molecule has 6 heteroatoms. The molecule has 0 spiro atoms. The second-order valence-corrected chi connectivity index (χ2v) is 20.7. The Morgan fingerprint density at radius 3 is 2.24 bits per heavy atom. The number of hydrogen-bond donors (Lipinski definition) is 0. The zero-order chi connectivity index (χ0) is 36.7. The third-order valence-electron chi connectivity index (χ3n) is 17.1. The monoisotopic (exact) mass is 692 g/mol. The zero-order valence-electron chi connectivity index (χ0n) is 33.1. The number of fused-ring (bicyclic) bond motifs is 7. The Hall–Kier alpha value is -1.98. The van der Waals surface area contributed by atoms with Gasteiger partial charge in [-0.15, -0.1) is 0 Å². The molecule has 1 aliphatic heterocycles. The normalized spacial score (nSPS) is 43.5. The summed E-state index contributed by atoms with van der Waals surface area (Å²) in [5, 5.41) is 0. The van der Waals surface area contributed by atoms with Crippen LogP contribution in [0.15, 0.2) is 12.2 Å². The van der Waals surface area contributed by atoms with Crippen molar-refractivity contribution in [3.63, 3.8) is 0 Å². The highest BCUT2D eigenvalue weighted by molar-refractivity contribution is 5.78. The van der Waals surface area contributed by atoms with Crippen molar-refractivity contribution in [1.82, 2.24) is 4.90 Å². The largest absolute Gasteiger partial charge is 0.462 e. The molecule has 0 N–H and O–H groups in total. The molecule has 1 saturated heterocycles. The maximum absolute atomic E-state index is 14.1. The van der Waals surface area contributed by atoms with Gasteiger partial charge >= 0.3 is 5.97 Å². The van der Waals surface area contributed by atoms with Crippen molar-refractivity contribution in [2.75, 3.05) is 13.1 Å². The fourth-order valence-corrected chi connectivity index (χ4v) is 14.4. The fourth-order valence-electron chi connectivity index (χ4n) is 14.4. The van der Waals surface area contributed by atoms with Crippen molar-refractivity contribution >= 4 is 23.9 Å². The Morgan fingerprint density at radius 2 is 1.58 bits per heavy atom. The first-order valence-corrected chi connectivity index (χ1v) is 20.3. The summed E-state index contributed by atoms with van der Waals surface area (Å²) in [4.78, 5) is 52.6. The molecule has 0 radical (unpaired) electrons. The van der Waals surface area contributed by atoms with Crippen molar-refractivity contribution in [3.8, 4) is 0 Å². The van der Waals surface area contributed by atoms with Crippen LogP contribution in [-0.4, -0.2) is 48.0 Å². The number of nitrogens with zero attached hydrogens (tertiary/aromatic N) is 1. The average Bonchev–Trinajstić information content (AvgIpc) is 3.64. The van der Waals surface area contributed by atoms with Gasteiger partial charge in [0.1, 0.15) is 18.2 Å². The predicted molar refractivity (Wildman–Crippen MR) is 198 cm³/mol. The zero-order valence-corrected chi connectivity index (χ0v) is 33.1. The predicted octanol–water partition coefficient (Wildman–Crippen LogP) is 9.39. The number of Topliss-reactive ketones (excluding diaryl/α,β-unsaturated/α-hetero) is 1. The van der Waals surface area contributed by atoms with Gasteiger partial charge in [0, 0.05) is 36.8 Å². The number of hydrogen-bond acceptors (Lipinski definition) is 5. The summed E-state index contributed by atoms with van der Waals surface area (Å²) >= 11 is 0. The first-order chi connectivity index (χ1) is 23.2. The molecular weight excluding hydrogens is 622 g/mol. The van der Waals surface area contributed by atoms with E-state index in [2.05, 4.69) is 53.0 Å². The highest BCUT2D eigenvalue weighted by atomic mass is 16.5. The van der Waals surface area contributed by atoms with Crippen LogP contribution in [0.5, 0.6) is 0 Å². The van der Waals surface area contributed by atoms with E-state index < -0.39 is 5.41 Å². The number of aldehydes is 1. The molecular formula is C44H69NO5. The topological polar surface area (TPSA) is 80.8 Å². The molecule has 6 nitrogen and oxygen atoms in total. The van der Waals surface area contributed by atoms with E-state index in [0.717, 1.165) is 64.3 Å². The molecule has 1 amide bonds. The van der Waals surface area contributed by atoms with Crippen LogP contribution >= 0.6 is 0 Å². The van der Waals surface area contributed by atoms with Crippen molar-refractivity contribution in [2.24, 2.45) is 68.0 Å². The number of ketones is 1. The molecule has 0 aromatic carbocycles. The lowest BCUT2D eigenvalue weighted by atomic mass is 9.32. The Morgan fingerprint density at radius 1 is 0.860 bits per heavy atom. The van der Waals surface area contributed by atoms with Gasteiger partial charge in [0.15, 0.2) is 0 Å². The van der Waals surface area contributed by atoms with Crippen LogP contribution in [0.2, 0.25) is 0 Å². The lowest BCUT2D eigenvalue weighted by molar-refractivity contribution is -0.250. The first-order valence-electron chi connectivity index (χ1n) is 20.3. The van der Waals surface area contributed by atoms with Gasteiger partial charge in [-0.25, -0.2) is 0 Å². The highest BCUT2D eigenvalue weighted by Crippen LogP contribution is 2.78. The van der Waals surface area contributed by atoms with Crippen LogP contribution in [-0.2, 0) is 23.9 Å². The lowest BCUT2D eigenvalue weighted by Gasteiger charge is -2.73. The molecule has 0 bridgehead atoms. The number of ether oxygens (including phenoxy) is 1. The van der Waals surface area contributed by atoms with E-state index in [9.17, 15) is 19.2 Å². The van der Waals surface area contributed by atoms with Gasteiger partial charge in [-0.2, -0.15) is 0 Å². The summed E-state index contributed by atoms with van der Waals surface area (Å²) < 4.78 is 6.24. The molecule has 6 aliphatic rings. The summed E-state index contributed by atoms with van der Waals surface area (Å²) in [5.74, 6) is 3.30. The second kappa shape index (κ2) is 12.9. The third kappa shape index (κ3) is 5.97. The molecule has 0 aromatic rings. The number of amides is 1. The fraction of sp³-hybridized carbons (Fsp3) is 0.864. The minimum absolute atomic E-state index is 0.0518. The standard InChI is InChI=1S/C44H69NO5/c1-28(2)31-13-19-44(24-36(48)45-22-16-30(26-45)23-29(3)47)21-20-42(9)32(38(31)44)11-12-34-41(8)17-15-35(50-37(49)25-39(4,5)27-46)40(6,7)33(41)14-18-43(34,42)10/h27,30-35,38H,1,11-26H2,2-10H3/t30-,31+,32-,33+,34-,35+,38-,41+,42-,43-,44-/m1/s1. The van der Waals surface area contributed by atoms with Crippen molar-refractivity contribution in [2.45, 2.75) is 158 Å². The number of allylic oxidation sites excluding steroid dienone is 1. The Kier molecular flexibility index (Phi) is 9.71. The quantitative estimate of drug-likeness (QED) is 0.137. The van der Waals surface area contributed by atoms with E-state index in [4.69, 9.17) is 4.74 Å². The summed E-state index contributed by atoms with van der Waals surface area (Å²) in [5.41, 5.74) is 1.11. The number of carbonyl (C=O) groups is 4. The van der Waals surface area contributed by atoms with Crippen LogP contribution in [0.1, 0.15) is 152 Å². The van der Waals surface area contributed by atoms with Crippen LogP contribution in [0.25, 0.3) is 0 Å². The van der Waals surface area contributed by atoms with Crippen molar-refractivity contribution in [3.05, 3.63) is 12.2 Å². The molecule has 0 aromatic heterocycles.